The Bertz CT molecular complexity index is 673. The number of urea groups is 1. The van der Waals surface area contributed by atoms with Gasteiger partial charge in [0, 0.05) is 31.2 Å². The number of aromatic nitrogens is 3. The summed E-state index contributed by atoms with van der Waals surface area (Å²) < 4.78 is 6.87. The molecule has 1 saturated heterocycles. The molecule has 1 aliphatic heterocycles. The molecule has 1 aliphatic rings. The second-order valence-electron chi connectivity index (χ2n) is 5.34. The SMILES string of the molecule is O=C(NCCN1CCOCC1)Nc1cc(Cl)ccc1-n1cncn1. The number of carbonyl (C=O) groups excluding carboxylic acids is 1. The second-order valence-corrected chi connectivity index (χ2v) is 5.77. The van der Waals surface area contributed by atoms with Crippen molar-refractivity contribution in [3.8, 4) is 5.69 Å². The summed E-state index contributed by atoms with van der Waals surface area (Å²) in [5, 5.41) is 10.3. The molecule has 1 fully saturated rings. The largest absolute Gasteiger partial charge is 0.379 e. The Labute approximate surface area is 144 Å². The van der Waals surface area contributed by atoms with Gasteiger partial charge >= 0.3 is 6.03 Å². The Kier molecular flexibility index (Phi) is 5.63. The fourth-order valence-electron chi connectivity index (χ4n) is 2.46. The van der Waals surface area contributed by atoms with Crippen LogP contribution in [0, 0.1) is 0 Å². The molecule has 0 bridgehead atoms. The Hall–Kier alpha value is -2.16. The summed E-state index contributed by atoms with van der Waals surface area (Å²) in [7, 11) is 0. The van der Waals surface area contributed by atoms with Crippen molar-refractivity contribution >= 4 is 23.3 Å². The molecule has 2 heterocycles. The van der Waals surface area contributed by atoms with Crippen molar-refractivity contribution in [3.63, 3.8) is 0 Å². The van der Waals surface area contributed by atoms with Gasteiger partial charge in [-0.15, -0.1) is 0 Å². The molecule has 9 heteroatoms. The van der Waals surface area contributed by atoms with E-state index in [0.717, 1.165) is 32.8 Å². The number of morpholine rings is 1. The minimum Gasteiger partial charge on any atom is -0.379 e. The minimum atomic E-state index is -0.285. The van der Waals surface area contributed by atoms with Gasteiger partial charge in [-0.1, -0.05) is 11.6 Å². The number of amides is 2. The zero-order chi connectivity index (χ0) is 16.8. The number of halogens is 1. The Balaban J connectivity index is 1.56. The highest BCUT2D eigenvalue weighted by atomic mass is 35.5. The van der Waals surface area contributed by atoms with Crippen molar-refractivity contribution < 1.29 is 9.53 Å². The lowest BCUT2D eigenvalue weighted by molar-refractivity contribution is 0.0388. The Morgan fingerprint density at radius 3 is 2.92 bits per heavy atom. The maximum atomic E-state index is 12.1. The van der Waals surface area contributed by atoms with Crippen LogP contribution in [0.2, 0.25) is 5.02 Å². The fraction of sp³-hybridized carbons (Fsp3) is 0.400. The van der Waals surface area contributed by atoms with Crippen LogP contribution in [-0.2, 0) is 4.74 Å². The van der Waals surface area contributed by atoms with Gasteiger partial charge < -0.3 is 15.4 Å². The van der Waals surface area contributed by atoms with Gasteiger partial charge in [0.05, 0.1) is 24.6 Å². The first kappa shape index (κ1) is 16.7. The second kappa shape index (κ2) is 8.09. The molecule has 0 atom stereocenters. The van der Waals surface area contributed by atoms with E-state index >= 15 is 0 Å². The molecule has 128 valence electrons. The van der Waals surface area contributed by atoms with E-state index in [0.29, 0.717) is 22.9 Å². The van der Waals surface area contributed by atoms with Crippen molar-refractivity contribution in [2.45, 2.75) is 0 Å². The molecule has 1 aromatic heterocycles. The minimum absolute atomic E-state index is 0.285. The smallest absolute Gasteiger partial charge is 0.319 e. The van der Waals surface area contributed by atoms with Gasteiger partial charge in [0.25, 0.3) is 0 Å². The highest BCUT2D eigenvalue weighted by molar-refractivity contribution is 6.31. The highest BCUT2D eigenvalue weighted by Gasteiger charge is 2.12. The molecular formula is C15H19ClN6O2. The number of nitrogens with one attached hydrogen (secondary N) is 2. The van der Waals surface area contributed by atoms with Crippen LogP contribution in [0.4, 0.5) is 10.5 Å². The lowest BCUT2D eigenvalue weighted by atomic mass is 10.2. The third-order valence-electron chi connectivity index (χ3n) is 3.69. The molecule has 24 heavy (non-hydrogen) atoms. The summed E-state index contributed by atoms with van der Waals surface area (Å²) in [6.07, 6.45) is 2.99. The van der Waals surface area contributed by atoms with Gasteiger partial charge in [-0.2, -0.15) is 5.10 Å². The normalized spacial score (nSPS) is 15.2. The Morgan fingerprint density at radius 1 is 1.33 bits per heavy atom. The predicted molar refractivity (Wildman–Crippen MR) is 90.6 cm³/mol. The van der Waals surface area contributed by atoms with Crippen LogP contribution >= 0.6 is 11.6 Å². The average molecular weight is 351 g/mol. The molecule has 0 saturated carbocycles. The first-order valence-corrected chi connectivity index (χ1v) is 8.10. The monoisotopic (exact) mass is 350 g/mol. The van der Waals surface area contributed by atoms with Crippen LogP contribution in [0.5, 0.6) is 0 Å². The van der Waals surface area contributed by atoms with E-state index in [2.05, 4.69) is 25.6 Å². The quantitative estimate of drug-likeness (QED) is 0.851. The molecule has 2 amide bonds. The number of ether oxygens (including phenoxy) is 1. The summed E-state index contributed by atoms with van der Waals surface area (Å²) in [5.41, 5.74) is 1.26. The van der Waals surface area contributed by atoms with Crippen LogP contribution in [0.15, 0.2) is 30.9 Å². The van der Waals surface area contributed by atoms with E-state index in [1.54, 1.807) is 29.2 Å². The van der Waals surface area contributed by atoms with Crippen molar-refractivity contribution in [2.24, 2.45) is 0 Å². The number of benzene rings is 1. The van der Waals surface area contributed by atoms with E-state index in [4.69, 9.17) is 16.3 Å². The summed E-state index contributed by atoms with van der Waals surface area (Å²) in [6, 6.07) is 4.91. The van der Waals surface area contributed by atoms with E-state index < -0.39 is 0 Å². The molecule has 3 rings (SSSR count). The lowest BCUT2D eigenvalue weighted by Gasteiger charge is -2.26. The summed E-state index contributed by atoms with van der Waals surface area (Å²) >= 11 is 6.03. The lowest BCUT2D eigenvalue weighted by Crippen LogP contribution is -2.42. The van der Waals surface area contributed by atoms with Crippen LogP contribution < -0.4 is 10.6 Å². The molecule has 0 aliphatic carbocycles. The van der Waals surface area contributed by atoms with E-state index in [-0.39, 0.29) is 6.03 Å². The molecule has 2 aromatic rings. The van der Waals surface area contributed by atoms with E-state index in [9.17, 15) is 4.79 Å². The number of rotatable bonds is 5. The highest BCUT2D eigenvalue weighted by Crippen LogP contribution is 2.23. The maximum absolute atomic E-state index is 12.1. The third-order valence-corrected chi connectivity index (χ3v) is 3.92. The van der Waals surface area contributed by atoms with Gasteiger partial charge in [-0.05, 0) is 18.2 Å². The van der Waals surface area contributed by atoms with Gasteiger partial charge in [0.1, 0.15) is 12.7 Å². The molecular weight excluding hydrogens is 332 g/mol. The van der Waals surface area contributed by atoms with Crippen molar-refractivity contribution in [3.05, 3.63) is 35.9 Å². The number of hydrogen-bond acceptors (Lipinski definition) is 5. The van der Waals surface area contributed by atoms with E-state index in [1.807, 2.05) is 0 Å². The van der Waals surface area contributed by atoms with Crippen molar-refractivity contribution in [1.82, 2.24) is 25.0 Å². The Morgan fingerprint density at radius 2 is 2.17 bits per heavy atom. The van der Waals surface area contributed by atoms with Crippen LogP contribution in [0.3, 0.4) is 0 Å². The summed E-state index contributed by atoms with van der Waals surface area (Å²) in [5.74, 6) is 0. The first-order valence-electron chi connectivity index (χ1n) is 7.72. The fourth-order valence-corrected chi connectivity index (χ4v) is 2.63. The topological polar surface area (TPSA) is 84.3 Å². The van der Waals surface area contributed by atoms with Crippen LogP contribution in [-0.4, -0.2) is 65.1 Å². The number of nitrogens with zero attached hydrogens (tertiary/aromatic N) is 4. The zero-order valence-electron chi connectivity index (χ0n) is 13.1. The number of carbonyl (C=O) groups is 1. The average Bonchev–Trinajstić information content (AvgIpc) is 3.10. The summed E-state index contributed by atoms with van der Waals surface area (Å²) in [6.45, 7) is 4.64. The third kappa shape index (κ3) is 4.44. The molecule has 2 N–H and O–H groups in total. The van der Waals surface area contributed by atoms with Gasteiger partial charge in [-0.25, -0.2) is 14.5 Å². The zero-order valence-corrected chi connectivity index (χ0v) is 13.9. The number of anilines is 1. The van der Waals surface area contributed by atoms with E-state index in [1.165, 1.54) is 6.33 Å². The predicted octanol–water partition coefficient (Wildman–Crippen LogP) is 1.37. The van der Waals surface area contributed by atoms with Crippen molar-refractivity contribution in [2.75, 3.05) is 44.7 Å². The molecule has 0 radical (unpaired) electrons. The molecule has 0 spiro atoms. The van der Waals surface area contributed by atoms with Gasteiger partial charge in [0.15, 0.2) is 0 Å². The van der Waals surface area contributed by atoms with Gasteiger partial charge in [0.2, 0.25) is 0 Å². The van der Waals surface area contributed by atoms with Crippen molar-refractivity contribution in [1.29, 1.82) is 0 Å². The van der Waals surface area contributed by atoms with Gasteiger partial charge in [-0.3, -0.25) is 4.90 Å². The van der Waals surface area contributed by atoms with Crippen LogP contribution in [0.25, 0.3) is 5.69 Å². The maximum Gasteiger partial charge on any atom is 0.319 e. The standard InChI is InChI=1S/C15H19ClN6O2/c16-12-1-2-14(22-11-17-10-19-22)13(9-12)20-15(23)18-3-4-21-5-7-24-8-6-21/h1-2,9-11H,3-8H2,(H2,18,20,23). The van der Waals surface area contributed by atoms with Crippen LogP contribution in [0.1, 0.15) is 0 Å². The number of hydrogen-bond donors (Lipinski definition) is 2. The summed E-state index contributed by atoms with van der Waals surface area (Å²) in [4.78, 5) is 18.3. The first-order chi connectivity index (χ1) is 11.7. The molecule has 1 aromatic carbocycles. The molecule has 0 unspecified atom stereocenters. The molecule has 8 nitrogen and oxygen atoms in total.